The summed E-state index contributed by atoms with van der Waals surface area (Å²) in [4.78, 5) is 10.3. The molecule has 1 heterocycles. The Balaban J connectivity index is 0.000000531. The van der Waals surface area contributed by atoms with Crippen molar-refractivity contribution >= 4 is 12.0 Å². The van der Waals surface area contributed by atoms with Gasteiger partial charge in [0.2, 0.25) is 0 Å². The average Bonchev–Trinajstić information content (AvgIpc) is 2.63. The number of rotatable bonds is 1. The van der Waals surface area contributed by atoms with Gasteiger partial charge in [-0.2, -0.15) is 0 Å². The van der Waals surface area contributed by atoms with Crippen molar-refractivity contribution < 1.29 is 37.5 Å². The topological polar surface area (TPSA) is 29.1 Å². The second-order valence-corrected chi connectivity index (χ2v) is 2.68. The molecule has 14 heavy (non-hydrogen) atoms. The molecular weight excluding hydrogens is 251 g/mol. The molecule has 1 aliphatic heterocycles. The third kappa shape index (κ3) is 3.18. The number of hydrogen-bond acceptors (Lipinski definition) is 2. The number of carbonyl (C=O) groups excluding carboxylic acids is 1. The first-order valence-electron chi connectivity index (χ1n) is 4.62. The second-order valence-electron chi connectivity index (χ2n) is 2.68. The van der Waals surface area contributed by atoms with Crippen LogP contribution in [0, 0.1) is 0 Å². The van der Waals surface area contributed by atoms with Gasteiger partial charge in [0.25, 0.3) is 0 Å². The fraction of sp³-hybridized carbons (Fsp3) is 0.364. The Labute approximate surface area is 110 Å². The summed E-state index contributed by atoms with van der Waals surface area (Å²) in [6.45, 7) is 4.00. The molecule has 1 atom stereocenters. The zero-order valence-corrected chi connectivity index (χ0v) is 11.4. The van der Waals surface area contributed by atoms with E-state index in [0.29, 0.717) is 0 Å². The van der Waals surface area contributed by atoms with Crippen LogP contribution in [0.1, 0.15) is 19.4 Å². The summed E-state index contributed by atoms with van der Waals surface area (Å²) in [6, 6.07) is 7.81. The first-order valence-corrected chi connectivity index (χ1v) is 4.62. The molecule has 2 rings (SSSR count). The van der Waals surface area contributed by atoms with Crippen LogP contribution in [0.25, 0.3) is 0 Å². The maximum atomic E-state index is 10.3. The number of nitrogens with one attached hydrogen (secondary N) is 1. The van der Waals surface area contributed by atoms with Crippen LogP contribution in [0.3, 0.4) is 0 Å². The molecule has 1 unspecified atom stereocenters. The van der Waals surface area contributed by atoms with Crippen LogP contribution < -0.4 is 5.32 Å². The summed E-state index contributed by atoms with van der Waals surface area (Å²) >= 11 is 0. The standard InChI is InChI=1S/C9H8NO.C2H6.Y/c11-6-8-5-7-3-1-2-4-9(7)10-8;1-2;/h1-4,8,10H,5H2;1-2H3;/q-1;;. The third-order valence-corrected chi connectivity index (χ3v) is 1.91. The van der Waals surface area contributed by atoms with E-state index in [4.69, 9.17) is 0 Å². The van der Waals surface area contributed by atoms with Crippen molar-refractivity contribution in [3.8, 4) is 0 Å². The molecule has 1 aliphatic rings. The number of hydrogen-bond donors (Lipinski definition) is 1. The largest absolute Gasteiger partial charge is 0.540 e. The normalized spacial score (nSPS) is 16.6. The van der Waals surface area contributed by atoms with Crippen LogP contribution in [0.4, 0.5) is 5.69 Å². The maximum absolute atomic E-state index is 10.3. The van der Waals surface area contributed by atoms with E-state index < -0.39 is 0 Å². The van der Waals surface area contributed by atoms with Crippen molar-refractivity contribution in [2.75, 3.05) is 5.32 Å². The van der Waals surface area contributed by atoms with Crippen LogP contribution in [-0.4, -0.2) is 12.3 Å². The van der Waals surface area contributed by atoms with Gasteiger partial charge >= 0.3 is 0 Å². The number of fused-ring (bicyclic) bond motifs is 1. The number of anilines is 1. The van der Waals surface area contributed by atoms with Gasteiger partial charge < -0.3 is 10.1 Å². The molecule has 2 nitrogen and oxygen atoms in total. The molecule has 1 N–H and O–H groups in total. The number of para-hydroxylation sites is 1. The van der Waals surface area contributed by atoms with Gasteiger partial charge in [-0.05, 0) is 18.1 Å². The van der Waals surface area contributed by atoms with Crippen LogP contribution in [0.5, 0.6) is 0 Å². The van der Waals surface area contributed by atoms with Gasteiger partial charge in [0.1, 0.15) is 0 Å². The summed E-state index contributed by atoms with van der Waals surface area (Å²) in [5, 5.41) is 3.06. The fourth-order valence-corrected chi connectivity index (χ4v) is 1.37. The Morgan fingerprint density at radius 1 is 1.36 bits per heavy atom. The summed E-state index contributed by atoms with van der Waals surface area (Å²) in [5.41, 5.74) is 2.28. The Hall–Kier alpha value is -0.206. The molecule has 0 fully saturated rings. The van der Waals surface area contributed by atoms with E-state index in [2.05, 4.69) is 5.32 Å². The summed E-state index contributed by atoms with van der Waals surface area (Å²) in [6.07, 6.45) is 2.73. The van der Waals surface area contributed by atoms with Crippen molar-refractivity contribution in [2.45, 2.75) is 26.3 Å². The molecule has 0 amide bonds. The smallest absolute Gasteiger partial charge is 0.0352 e. The van der Waals surface area contributed by atoms with Crippen LogP contribution in [-0.2, 0) is 43.9 Å². The van der Waals surface area contributed by atoms with Gasteiger partial charge in [0.05, 0.1) is 0 Å². The SMILES string of the molecule is CC.O=[C-]C1Cc2ccccc2N1.[Y]. The van der Waals surface area contributed by atoms with Crippen molar-refractivity contribution in [3.63, 3.8) is 0 Å². The van der Waals surface area contributed by atoms with Crippen molar-refractivity contribution in [2.24, 2.45) is 0 Å². The molecule has 0 aliphatic carbocycles. The Morgan fingerprint density at radius 2 is 2.00 bits per heavy atom. The fourth-order valence-electron chi connectivity index (χ4n) is 1.37. The molecule has 0 saturated carbocycles. The Morgan fingerprint density at radius 3 is 2.57 bits per heavy atom. The molecule has 0 bridgehead atoms. The minimum Gasteiger partial charge on any atom is -0.540 e. The Bertz CT molecular complexity index is 263. The van der Waals surface area contributed by atoms with Crippen LogP contribution in [0.2, 0.25) is 0 Å². The van der Waals surface area contributed by atoms with Crippen molar-refractivity contribution in [1.29, 1.82) is 0 Å². The van der Waals surface area contributed by atoms with E-state index in [0.717, 1.165) is 12.1 Å². The van der Waals surface area contributed by atoms with Gasteiger partial charge in [-0.3, -0.25) is 0 Å². The van der Waals surface area contributed by atoms with Crippen LogP contribution >= 0.6 is 0 Å². The van der Waals surface area contributed by atoms with Gasteiger partial charge in [-0.1, -0.05) is 38.1 Å². The molecule has 1 aromatic rings. The predicted molar refractivity (Wildman–Crippen MR) is 54.6 cm³/mol. The molecule has 3 heteroatoms. The van der Waals surface area contributed by atoms with Crippen molar-refractivity contribution in [3.05, 3.63) is 29.8 Å². The maximum Gasteiger partial charge on any atom is 0.0352 e. The third-order valence-electron chi connectivity index (χ3n) is 1.91. The predicted octanol–water partition coefficient (Wildman–Crippen LogP) is 2.16. The summed E-state index contributed by atoms with van der Waals surface area (Å²) in [7, 11) is 0. The minimum absolute atomic E-state index is 0. The van der Waals surface area contributed by atoms with Gasteiger partial charge in [-0.25, -0.2) is 6.29 Å². The van der Waals surface area contributed by atoms with Gasteiger partial charge in [0, 0.05) is 38.4 Å². The van der Waals surface area contributed by atoms with Gasteiger partial charge in [0.15, 0.2) is 0 Å². The van der Waals surface area contributed by atoms with E-state index in [1.54, 1.807) is 0 Å². The molecule has 0 spiro atoms. The first-order chi connectivity index (χ1) is 6.40. The summed E-state index contributed by atoms with van der Waals surface area (Å²) in [5.74, 6) is 0. The molecule has 1 radical (unpaired) electrons. The van der Waals surface area contributed by atoms with E-state index in [1.807, 2.05) is 44.4 Å². The molecule has 0 aromatic heterocycles. The minimum atomic E-state index is -0.132. The molecule has 73 valence electrons. The van der Waals surface area contributed by atoms with E-state index >= 15 is 0 Å². The van der Waals surface area contributed by atoms with Crippen molar-refractivity contribution in [1.82, 2.24) is 0 Å². The monoisotopic (exact) mass is 265 g/mol. The zero-order chi connectivity index (χ0) is 9.68. The summed E-state index contributed by atoms with van der Waals surface area (Å²) < 4.78 is 0. The Kier molecular flexibility index (Phi) is 7.03. The number of benzene rings is 1. The molecule has 1 aromatic carbocycles. The first kappa shape index (κ1) is 13.8. The van der Waals surface area contributed by atoms with Gasteiger partial charge in [-0.15, -0.1) is 0 Å². The zero-order valence-electron chi connectivity index (χ0n) is 8.58. The molecular formula is C11H14NOY-. The van der Waals surface area contributed by atoms with E-state index in [1.165, 1.54) is 5.56 Å². The second kappa shape index (κ2) is 7.13. The average molecular weight is 265 g/mol. The van der Waals surface area contributed by atoms with E-state index in [9.17, 15) is 4.79 Å². The van der Waals surface area contributed by atoms with Crippen LogP contribution in [0.15, 0.2) is 24.3 Å². The van der Waals surface area contributed by atoms with E-state index in [-0.39, 0.29) is 38.8 Å². The quantitative estimate of drug-likeness (QED) is 0.788. The molecule has 0 saturated heterocycles.